The quantitative estimate of drug-likeness (QED) is 0.135. The van der Waals surface area contributed by atoms with Gasteiger partial charge >= 0.3 is 6.09 Å². The number of nitrogens with one attached hydrogen (secondary N) is 2. The number of nitrogens with zero attached hydrogens (tertiary/aromatic N) is 5. The van der Waals surface area contributed by atoms with Crippen molar-refractivity contribution >= 4 is 40.9 Å². The lowest BCUT2D eigenvalue weighted by Crippen LogP contribution is -2.50. The second-order valence-corrected chi connectivity index (χ2v) is 13.7. The van der Waals surface area contributed by atoms with Gasteiger partial charge in [0.05, 0.1) is 40.7 Å². The van der Waals surface area contributed by atoms with Crippen molar-refractivity contribution in [2.45, 2.75) is 64.9 Å². The third-order valence-electron chi connectivity index (χ3n) is 8.17. The van der Waals surface area contributed by atoms with Crippen LogP contribution in [0.4, 0.5) is 22.1 Å². The fraction of sp³-hybridized carbons (Fsp3) is 0.395. The molecule has 2 aromatic carbocycles. The van der Waals surface area contributed by atoms with E-state index in [-0.39, 0.29) is 12.0 Å². The van der Waals surface area contributed by atoms with Crippen LogP contribution >= 0.6 is 11.6 Å². The molecule has 0 spiro atoms. The maximum absolute atomic E-state index is 12.7. The summed E-state index contributed by atoms with van der Waals surface area (Å²) < 4.78 is 5.48. The summed E-state index contributed by atoms with van der Waals surface area (Å²) in [6, 6.07) is 20.0. The van der Waals surface area contributed by atoms with Crippen LogP contribution in [-0.4, -0.2) is 75.1 Å². The lowest BCUT2D eigenvalue weighted by molar-refractivity contribution is -0.116. The Morgan fingerprint density at radius 3 is 2.29 bits per heavy atom. The molecule has 2 N–H and O–H groups in total. The molecule has 2 amide bonds. The molecule has 10 nitrogen and oxygen atoms in total. The van der Waals surface area contributed by atoms with Gasteiger partial charge in [-0.05, 0) is 63.4 Å². The molecule has 258 valence electrons. The van der Waals surface area contributed by atoms with E-state index in [0.717, 1.165) is 68.4 Å². The van der Waals surface area contributed by atoms with Crippen LogP contribution in [0.1, 0.15) is 59.3 Å². The molecular weight excluding hydrogens is 638 g/mol. The molecule has 1 aliphatic rings. The molecule has 0 unspecified atom stereocenters. The number of hydrogen-bond acceptors (Lipinski definition) is 8. The number of anilines is 3. The van der Waals surface area contributed by atoms with Gasteiger partial charge in [-0.25, -0.2) is 14.8 Å². The predicted molar refractivity (Wildman–Crippen MR) is 196 cm³/mol. The standard InChI is InChI=1S/C38H46ClN7O3/c1-38(2,3)49-37(48)46-21-19-45(20-22-46)18-11-6-4-5-10-17-34(47)42-31-24-32(26-40-25-31)43-36-41-27-33(39)35(44-36)30-16-12-15-29(23-30)28-13-8-7-9-14-28/h7-9,12-16,23-27H,4-6,10-11,17-22H2,1-3H3,(H,42,47)(H,41,43,44). The van der Waals surface area contributed by atoms with Crippen LogP contribution in [0.2, 0.25) is 5.02 Å². The summed E-state index contributed by atoms with van der Waals surface area (Å²) in [5.74, 6) is 0.336. The lowest BCUT2D eigenvalue weighted by atomic mass is 10.0. The van der Waals surface area contributed by atoms with E-state index in [2.05, 4.69) is 54.8 Å². The fourth-order valence-corrected chi connectivity index (χ4v) is 5.87. The minimum atomic E-state index is -0.466. The van der Waals surface area contributed by atoms with E-state index in [0.29, 0.717) is 47.6 Å². The number of carbonyl (C=O) groups is 2. The molecule has 2 aromatic heterocycles. The van der Waals surface area contributed by atoms with Crippen LogP contribution in [0.3, 0.4) is 0 Å². The van der Waals surface area contributed by atoms with Crippen LogP contribution in [0.5, 0.6) is 0 Å². The maximum Gasteiger partial charge on any atom is 0.410 e. The lowest BCUT2D eigenvalue weighted by Gasteiger charge is -2.35. The number of unbranched alkanes of at least 4 members (excludes halogenated alkanes) is 4. The minimum absolute atomic E-state index is 0.0369. The summed E-state index contributed by atoms with van der Waals surface area (Å²) in [6.07, 6.45) is 10.3. The number of carbonyl (C=O) groups excluding carboxylic acids is 2. The zero-order valence-electron chi connectivity index (χ0n) is 28.6. The highest BCUT2D eigenvalue weighted by Gasteiger charge is 2.25. The molecule has 0 aliphatic carbocycles. The zero-order valence-corrected chi connectivity index (χ0v) is 29.4. The number of aromatic nitrogens is 3. The van der Waals surface area contributed by atoms with Crippen molar-refractivity contribution in [1.29, 1.82) is 0 Å². The highest BCUT2D eigenvalue weighted by atomic mass is 35.5. The predicted octanol–water partition coefficient (Wildman–Crippen LogP) is 8.43. The molecule has 0 bridgehead atoms. The van der Waals surface area contributed by atoms with Crippen LogP contribution < -0.4 is 10.6 Å². The van der Waals surface area contributed by atoms with E-state index >= 15 is 0 Å². The summed E-state index contributed by atoms with van der Waals surface area (Å²) in [4.78, 5) is 42.5. The Morgan fingerprint density at radius 1 is 0.816 bits per heavy atom. The van der Waals surface area contributed by atoms with Gasteiger partial charge in [-0.1, -0.05) is 79.4 Å². The summed E-state index contributed by atoms with van der Waals surface area (Å²) in [5, 5.41) is 6.60. The Balaban J connectivity index is 1.01. The Labute approximate surface area is 294 Å². The van der Waals surface area contributed by atoms with E-state index in [9.17, 15) is 9.59 Å². The molecule has 11 heteroatoms. The number of ether oxygens (including phenoxy) is 1. The van der Waals surface area contributed by atoms with Crippen LogP contribution in [0.15, 0.2) is 79.3 Å². The third-order valence-corrected chi connectivity index (χ3v) is 8.44. The van der Waals surface area contributed by atoms with E-state index < -0.39 is 5.60 Å². The number of rotatable bonds is 13. The molecule has 0 atom stereocenters. The third kappa shape index (κ3) is 11.3. The van der Waals surface area contributed by atoms with Crippen LogP contribution in [0.25, 0.3) is 22.4 Å². The number of halogens is 1. The first-order valence-corrected chi connectivity index (χ1v) is 17.4. The topological polar surface area (TPSA) is 113 Å². The van der Waals surface area contributed by atoms with Gasteiger partial charge in [0, 0.05) is 38.2 Å². The largest absolute Gasteiger partial charge is 0.444 e. The SMILES string of the molecule is CC(C)(C)OC(=O)N1CCN(CCCCCCCC(=O)Nc2cncc(Nc3ncc(Cl)c(-c4cccc(-c5ccccc5)c4)n3)c2)CC1. The van der Waals surface area contributed by atoms with Crippen molar-refractivity contribution in [2.75, 3.05) is 43.4 Å². The average molecular weight is 684 g/mol. The number of hydrogen-bond donors (Lipinski definition) is 2. The molecule has 1 saturated heterocycles. The van der Waals surface area contributed by atoms with Gasteiger partial charge in [0.15, 0.2) is 0 Å². The van der Waals surface area contributed by atoms with Crippen molar-refractivity contribution in [3.8, 4) is 22.4 Å². The van der Waals surface area contributed by atoms with Crippen molar-refractivity contribution in [3.05, 3.63) is 84.3 Å². The highest BCUT2D eigenvalue weighted by molar-refractivity contribution is 6.32. The van der Waals surface area contributed by atoms with Crippen LogP contribution in [0, 0.1) is 0 Å². The smallest absolute Gasteiger partial charge is 0.410 e. The number of benzene rings is 2. The van der Waals surface area contributed by atoms with Crippen molar-refractivity contribution in [2.24, 2.45) is 0 Å². The maximum atomic E-state index is 12.7. The van der Waals surface area contributed by atoms with Gasteiger partial charge in [0.1, 0.15) is 5.60 Å². The van der Waals surface area contributed by atoms with Crippen molar-refractivity contribution < 1.29 is 14.3 Å². The van der Waals surface area contributed by atoms with E-state index in [1.54, 1.807) is 23.5 Å². The Hall–Kier alpha value is -4.54. The average Bonchev–Trinajstić information content (AvgIpc) is 3.09. The monoisotopic (exact) mass is 683 g/mol. The number of piperazine rings is 1. The summed E-state index contributed by atoms with van der Waals surface area (Å²) in [5.41, 5.74) is 4.46. The Bertz CT molecular complexity index is 1690. The summed E-state index contributed by atoms with van der Waals surface area (Å²) in [6.45, 7) is 9.88. The van der Waals surface area contributed by atoms with Crippen LogP contribution in [-0.2, 0) is 9.53 Å². The number of pyridine rings is 1. The van der Waals surface area contributed by atoms with Crippen molar-refractivity contribution in [3.63, 3.8) is 0 Å². The van der Waals surface area contributed by atoms with Gasteiger partial charge in [-0.15, -0.1) is 0 Å². The zero-order chi connectivity index (χ0) is 34.6. The molecule has 1 aliphatic heterocycles. The Kier molecular flexibility index (Phi) is 12.6. The van der Waals surface area contributed by atoms with Gasteiger partial charge in [-0.2, -0.15) is 0 Å². The Morgan fingerprint density at radius 2 is 1.51 bits per heavy atom. The first-order valence-electron chi connectivity index (χ1n) is 17.0. The van der Waals surface area contributed by atoms with E-state index in [1.807, 2.05) is 57.2 Å². The molecule has 3 heterocycles. The number of amides is 2. The van der Waals surface area contributed by atoms with E-state index in [1.165, 1.54) is 0 Å². The van der Waals surface area contributed by atoms with Gasteiger partial charge in [0.25, 0.3) is 0 Å². The van der Waals surface area contributed by atoms with Gasteiger partial charge < -0.3 is 20.3 Å². The van der Waals surface area contributed by atoms with Gasteiger partial charge in [0.2, 0.25) is 11.9 Å². The second-order valence-electron chi connectivity index (χ2n) is 13.3. The fourth-order valence-electron chi connectivity index (χ4n) is 5.67. The van der Waals surface area contributed by atoms with E-state index in [4.69, 9.17) is 16.3 Å². The molecule has 0 saturated carbocycles. The first kappa shape index (κ1) is 35.8. The molecule has 0 radical (unpaired) electrons. The minimum Gasteiger partial charge on any atom is -0.444 e. The van der Waals surface area contributed by atoms with Crippen molar-refractivity contribution in [1.82, 2.24) is 24.8 Å². The molecule has 1 fully saturated rings. The van der Waals surface area contributed by atoms with Gasteiger partial charge in [-0.3, -0.25) is 14.7 Å². The second kappa shape index (κ2) is 17.2. The summed E-state index contributed by atoms with van der Waals surface area (Å²) in [7, 11) is 0. The molecular formula is C38H46ClN7O3. The highest BCUT2D eigenvalue weighted by Crippen LogP contribution is 2.30. The molecule has 5 rings (SSSR count). The summed E-state index contributed by atoms with van der Waals surface area (Å²) >= 11 is 6.52. The molecule has 49 heavy (non-hydrogen) atoms. The normalized spacial score (nSPS) is 13.6. The first-order chi connectivity index (χ1) is 23.6. The molecule has 4 aromatic rings.